The zero-order valence-electron chi connectivity index (χ0n) is 15.7. The summed E-state index contributed by atoms with van der Waals surface area (Å²) in [5, 5.41) is 10.9. The van der Waals surface area contributed by atoms with Crippen molar-refractivity contribution in [3.8, 4) is 0 Å². The number of nitro groups is 1. The minimum Gasteiger partial charge on any atom is -0.336 e. The van der Waals surface area contributed by atoms with Crippen LogP contribution >= 0.6 is 0 Å². The van der Waals surface area contributed by atoms with E-state index in [1.807, 2.05) is 13.0 Å². The van der Waals surface area contributed by atoms with E-state index in [0.29, 0.717) is 5.56 Å². The van der Waals surface area contributed by atoms with E-state index in [4.69, 9.17) is 0 Å². The van der Waals surface area contributed by atoms with Crippen LogP contribution in [0, 0.1) is 24.0 Å². The Kier molecular flexibility index (Phi) is 5.48. The van der Waals surface area contributed by atoms with Crippen molar-refractivity contribution in [1.29, 1.82) is 0 Å². The van der Waals surface area contributed by atoms with Gasteiger partial charge in [-0.15, -0.1) is 0 Å². The first-order valence-electron chi connectivity index (χ1n) is 8.81. The monoisotopic (exact) mass is 403 g/mol. The Bertz CT molecular complexity index is 1030. The van der Waals surface area contributed by atoms with Crippen LogP contribution < -0.4 is 0 Å². The molecule has 0 saturated carbocycles. The molecule has 148 valence electrons. The lowest BCUT2D eigenvalue weighted by atomic mass is 10.1. The van der Waals surface area contributed by atoms with Gasteiger partial charge in [-0.3, -0.25) is 14.9 Å². The largest absolute Gasteiger partial charge is 0.336 e. The Morgan fingerprint density at radius 2 is 1.71 bits per heavy atom. The predicted octanol–water partition coefficient (Wildman–Crippen LogP) is 2.36. The molecule has 2 aromatic rings. The zero-order chi connectivity index (χ0) is 20.5. The molecule has 0 N–H and O–H groups in total. The second kappa shape index (κ2) is 7.69. The predicted molar refractivity (Wildman–Crippen MR) is 104 cm³/mol. The molecule has 0 radical (unpaired) electrons. The lowest BCUT2D eigenvalue weighted by molar-refractivity contribution is -0.384. The standard InChI is InChI=1S/C19H21N3O5S/c1-14-6-7-15(2)18(12-14)28(26,27)21-10-8-20(9-11-21)19(23)16-4-3-5-17(13-16)22(24)25/h3-7,12-13H,8-11H2,1-2H3. The number of non-ortho nitro benzene ring substituents is 1. The lowest BCUT2D eigenvalue weighted by Crippen LogP contribution is -2.50. The summed E-state index contributed by atoms with van der Waals surface area (Å²) in [6, 6.07) is 10.9. The lowest BCUT2D eigenvalue weighted by Gasteiger charge is -2.34. The molecule has 8 nitrogen and oxygen atoms in total. The van der Waals surface area contributed by atoms with Crippen molar-refractivity contribution >= 4 is 21.6 Å². The number of hydrogen-bond donors (Lipinski definition) is 0. The third-order valence-corrected chi connectivity index (χ3v) is 6.83. The molecular weight excluding hydrogens is 382 g/mol. The number of amides is 1. The first-order chi connectivity index (χ1) is 13.2. The van der Waals surface area contributed by atoms with Gasteiger partial charge in [0.15, 0.2) is 0 Å². The number of sulfonamides is 1. The molecule has 1 fully saturated rings. The van der Waals surface area contributed by atoms with Gasteiger partial charge in [-0.05, 0) is 37.1 Å². The number of nitrogens with zero attached hydrogens (tertiary/aromatic N) is 3. The second-order valence-corrected chi connectivity index (χ2v) is 8.68. The Morgan fingerprint density at radius 3 is 2.36 bits per heavy atom. The van der Waals surface area contributed by atoms with Crippen molar-refractivity contribution in [2.45, 2.75) is 18.7 Å². The average molecular weight is 403 g/mol. The Morgan fingerprint density at radius 1 is 1.04 bits per heavy atom. The van der Waals surface area contributed by atoms with Crippen LogP contribution in [0.15, 0.2) is 47.4 Å². The molecular formula is C19H21N3O5S. The molecule has 1 aliphatic rings. The van der Waals surface area contributed by atoms with E-state index in [9.17, 15) is 23.3 Å². The van der Waals surface area contributed by atoms with Crippen LogP contribution in [0.25, 0.3) is 0 Å². The smallest absolute Gasteiger partial charge is 0.270 e. The van der Waals surface area contributed by atoms with Gasteiger partial charge in [0, 0.05) is 43.9 Å². The summed E-state index contributed by atoms with van der Waals surface area (Å²) >= 11 is 0. The van der Waals surface area contributed by atoms with Crippen molar-refractivity contribution in [1.82, 2.24) is 9.21 Å². The van der Waals surface area contributed by atoms with Crippen molar-refractivity contribution in [2.75, 3.05) is 26.2 Å². The van der Waals surface area contributed by atoms with Crippen LogP contribution in [0.1, 0.15) is 21.5 Å². The molecule has 1 heterocycles. The number of rotatable bonds is 4. The zero-order valence-corrected chi connectivity index (χ0v) is 16.5. The second-order valence-electron chi connectivity index (χ2n) is 6.77. The van der Waals surface area contributed by atoms with Crippen molar-refractivity contribution in [2.24, 2.45) is 0 Å². The highest BCUT2D eigenvalue weighted by molar-refractivity contribution is 7.89. The molecule has 0 spiro atoms. The van der Waals surface area contributed by atoms with Gasteiger partial charge < -0.3 is 4.90 Å². The summed E-state index contributed by atoms with van der Waals surface area (Å²) in [5.74, 6) is -0.340. The van der Waals surface area contributed by atoms with Crippen LogP contribution in [0.4, 0.5) is 5.69 Å². The maximum Gasteiger partial charge on any atom is 0.270 e. The first-order valence-corrected chi connectivity index (χ1v) is 10.3. The normalized spacial score (nSPS) is 15.4. The van der Waals surface area contributed by atoms with E-state index < -0.39 is 14.9 Å². The van der Waals surface area contributed by atoms with Gasteiger partial charge in [0.2, 0.25) is 10.0 Å². The minimum atomic E-state index is -3.64. The number of hydrogen-bond acceptors (Lipinski definition) is 5. The maximum absolute atomic E-state index is 13.0. The summed E-state index contributed by atoms with van der Waals surface area (Å²) in [6.07, 6.45) is 0. The molecule has 0 aromatic heterocycles. The molecule has 1 saturated heterocycles. The van der Waals surface area contributed by atoms with E-state index in [-0.39, 0.29) is 48.2 Å². The molecule has 9 heteroatoms. The number of nitro benzene ring substituents is 1. The topological polar surface area (TPSA) is 101 Å². The molecule has 0 aliphatic carbocycles. The summed E-state index contributed by atoms with van der Waals surface area (Å²) in [4.78, 5) is 24.8. The molecule has 28 heavy (non-hydrogen) atoms. The number of carbonyl (C=O) groups excluding carboxylic acids is 1. The van der Waals surface area contributed by atoms with Crippen LogP contribution in [-0.2, 0) is 10.0 Å². The summed E-state index contributed by atoms with van der Waals surface area (Å²) in [6.45, 7) is 4.41. The number of aryl methyl sites for hydroxylation is 2. The molecule has 3 rings (SSSR count). The van der Waals surface area contributed by atoms with Crippen molar-refractivity contribution in [3.05, 3.63) is 69.3 Å². The third-order valence-electron chi connectivity index (χ3n) is 4.79. The van der Waals surface area contributed by atoms with Crippen LogP contribution in [0.3, 0.4) is 0 Å². The minimum absolute atomic E-state index is 0.151. The van der Waals surface area contributed by atoms with Gasteiger partial charge in [0.25, 0.3) is 11.6 Å². The van der Waals surface area contributed by atoms with Crippen LogP contribution in [-0.4, -0.2) is 54.6 Å². The number of piperazine rings is 1. The molecule has 2 aromatic carbocycles. The number of carbonyl (C=O) groups is 1. The van der Waals surface area contributed by atoms with E-state index in [0.717, 1.165) is 5.56 Å². The molecule has 0 bridgehead atoms. The van der Waals surface area contributed by atoms with E-state index in [1.54, 1.807) is 19.1 Å². The molecule has 0 atom stereocenters. The molecule has 1 amide bonds. The highest BCUT2D eigenvalue weighted by Crippen LogP contribution is 2.23. The fourth-order valence-electron chi connectivity index (χ4n) is 3.19. The SMILES string of the molecule is Cc1ccc(C)c(S(=O)(=O)N2CCN(C(=O)c3cccc([N+](=O)[O-])c3)CC2)c1. The fraction of sp³-hybridized carbons (Fsp3) is 0.316. The maximum atomic E-state index is 13.0. The summed E-state index contributed by atoms with van der Waals surface area (Å²) < 4.78 is 27.3. The van der Waals surface area contributed by atoms with Crippen molar-refractivity contribution < 1.29 is 18.1 Å². The fourth-order valence-corrected chi connectivity index (χ4v) is 4.92. The van der Waals surface area contributed by atoms with Crippen LogP contribution in [0.5, 0.6) is 0 Å². The van der Waals surface area contributed by atoms with E-state index in [2.05, 4.69) is 0 Å². The van der Waals surface area contributed by atoms with Gasteiger partial charge in [0.05, 0.1) is 9.82 Å². The first kappa shape index (κ1) is 20.0. The van der Waals surface area contributed by atoms with Gasteiger partial charge in [-0.2, -0.15) is 4.31 Å². The average Bonchev–Trinajstić information content (AvgIpc) is 2.69. The van der Waals surface area contributed by atoms with E-state index in [1.165, 1.54) is 33.5 Å². The van der Waals surface area contributed by atoms with Gasteiger partial charge in [-0.1, -0.05) is 18.2 Å². The highest BCUT2D eigenvalue weighted by Gasteiger charge is 2.31. The van der Waals surface area contributed by atoms with E-state index >= 15 is 0 Å². The highest BCUT2D eigenvalue weighted by atomic mass is 32.2. The molecule has 0 unspecified atom stereocenters. The van der Waals surface area contributed by atoms with Crippen LogP contribution in [0.2, 0.25) is 0 Å². The summed E-state index contributed by atoms with van der Waals surface area (Å²) in [7, 11) is -3.64. The summed E-state index contributed by atoms with van der Waals surface area (Å²) in [5.41, 5.74) is 1.62. The Balaban J connectivity index is 1.73. The Hall–Kier alpha value is -2.78. The quantitative estimate of drug-likeness (QED) is 0.576. The van der Waals surface area contributed by atoms with Gasteiger partial charge in [0.1, 0.15) is 0 Å². The van der Waals surface area contributed by atoms with Crippen molar-refractivity contribution in [3.63, 3.8) is 0 Å². The molecule has 1 aliphatic heterocycles. The van der Waals surface area contributed by atoms with Gasteiger partial charge >= 0.3 is 0 Å². The number of benzene rings is 2. The Labute approximate surface area is 163 Å². The van der Waals surface area contributed by atoms with Gasteiger partial charge in [-0.25, -0.2) is 8.42 Å². The third kappa shape index (κ3) is 3.90.